The fraction of sp³-hybridized carbons (Fsp3) is 0.632. The van der Waals surface area contributed by atoms with Gasteiger partial charge in [-0.2, -0.15) is 0 Å². The van der Waals surface area contributed by atoms with Gasteiger partial charge in [0.15, 0.2) is 0 Å². The Labute approximate surface area is 157 Å². The van der Waals surface area contributed by atoms with E-state index in [0.717, 1.165) is 25.7 Å². The molecule has 2 N–H and O–H groups in total. The van der Waals surface area contributed by atoms with Gasteiger partial charge in [0.2, 0.25) is 0 Å². The van der Waals surface area contributed by atoms with Crippen LogP contribution < -0.4 is 34.6 Å². The zero-order chi connectivity index (χ0) is 16.1. The largest absolute Gasteiger partial charge is 1.00 e. The topological polar surface area (TPSA) is 64.2 Å². The molecule has 3 aliphatic carbocycles. The summed E-state index contributed by atoms with van der Waals surface area (Å²) >= 11 is 0. The molecule has 0 aromatic carbocycles. The first-order chi connectivity index (χ1) is 11.2. The van der Waals surface area contributed by atoms with Crippen LogP contribution in [0.5, 0.6) is 0 Å². The summed E-state index contributed by atoms with van der Waals surface area (Å²) in [6.07, 6.45) is 16.8. The number of nitrogens with one attached hydrogen (secondary N) is 2. The fourth-order valence-electron chi connectivity index (χ4n) is 3.84. The first-order valence-electron chi connectivity index (χ1n) is 9.11. The Bertz CT molecular complexity index is 527. The van der Waals surface area contributed by atoms with Crippen LogP contribution >= 0.6 is 0 Å². The second kappa shape index (κ2) is 9.39. The maximum atomic E-state index is 12.5. The molecule has 0 saturated heterocycles. The van der Waals surface area contributed by atoms with Crippen molar-refractivity contribution in [3.8, 4) is 0 Å². The minimum atomic E-state index is -0.101. The van der Waals surface area contributed by atoms with Gasteiger partial charge in [-0.05, 0) is 43.2 Å². The van der Waals surface area contributed by atoms with E-state index < -0.39 is 0 Å². The Hall–Kier alpha value is -1.11. The Morgan fingerprint density at radius 2 is 1.46 bits per heavy atom. The molecule has 0 aromatic heterocycles. The van der Waals surface area contributed by atoms with Crippen LogP contribution in [0.2, 0.25) is 0 Å². The van der Waals surface area contributed by atoms with Crippen LogP contribution in [0, 0.1) is 0 Å². The maximum absolute atomic E-state index is 12.5. The van der Waals surface area contributed by atoms with E-state index >= 15 is 0 Å². The second-order valence-electron chi connectivity index (χ2n) is 6.97. The molecule has 3 aliphatic rings. The normalized spacial score (nSPS) is 24.1. The zero-order valence-corrected chi connectivity index (χ0v) is 14.8. The van der Waals surface area contributed by atoms with Gasteiger partial charge in [0.25, 0.3) is 5.91 Å². The summed E-state index contributed by atoms with van der Waals surface area (Å²) in [7, 11) is 0. The third kappa shape index (κ3) is 4.94. The third-order valence-corrected chi connectivity index (χ3v) is 5.19. The van der Waals surface area contributed by atoms with Crippen LogP contribution in [0.4, 0.5) is 0 Å². The van der Waals surface area contributed by atoms with E-state index in [9.17, 15) is 9.90 Å². The summed E-state index contributed by atoms with van der Waals surface area (Å²) in [4.78, 5) is 12.5. The van der Waals surface area contributed by atoms with E-state index in [1.54, 1.807) is 18.2 Å². The number of hydrogen-bond acceptors (Lipinski definition) is 3. The smallest absolute Gasteiger partial charge is 0.860 e. The molecule has 0 unspecified atom stereocenters. The third-order valence-electron chi connectivity index (χ3n) is 5.19. The van der Waals surface area contributed by atoms with E-state index in [-0.39, 0.29) is 42.7 Å². The Morgan fingerprint density at radius 1 is 0.917 bits per heavy atom. The molecule has 4 nitrogen and oxygen atoms in total. The molecule has 24 heavy (non-hydrogen) atoms. The molecule has 126 valence electrons. The maximum Gasteiger partial charge on any atom is 1.00 e. The number of carbonyl (C=O) groups excluding carboxylic acids is 1. The van der Waals surface area contributed by atoms with Crippen molar-refractivity contribution in [2.24, 2.45) is 0 Å². The first kappa shape index (κ1) is 19.2. The molecule has 3 rings (SSSR count). The molecule has 0 radical (unpaired) electrons. The molecular weight excluding hydrogens is 295 g/mol. The van der Waals surface area contributed by atoms with Crippen molar-refractivity contribution < 1.29 is 28.8 Å². The van der Waals surface area contributed by atoms with E-state index in [4.69, 9.17) is 0 Å². The van der Waals surface area contributed by atoms with Crippen molar-refractivity contribution in [3.05, 3.63) is 35.3 Å². The average molecular weight is 322 g/mol. The summed E-state index contributed by atoms with van der Waals surface area (Å²) in [5, 5.41) is 18.7. The predicted octanol–water partition coefficient (Wildman–Crippen LogP) is -0.570. The van der Waals surface area contributed by atoms with Crippen LogP contribution in [-0.4, -0.2) is 18.0 Å². The van der Waals surface area contributed by atoms with Gasteiger partial charge in [0, 0.05) is 17.7 Å². The van der Waals surface area contributed by atoms with Crippen LogP contribution in [0.25, 0.3) is 0 Å². The number of amides is 1. The van der Waals surface area contributed by atoms with Crippen LogP contribution in [0.15, 0.2) is 35.3 Å². The van der Waals surface area contributed by atoms with Gasteiger partial charge in [-0.3, -0.25) is 4.79 Å². The molecule has 0 spiro atoms. The summed E-state index contributed by atoms with van der Waals surface area (Å²) in [5.74, 6) is -0.202. The van der Waals surface area contributed by atoms with Crippen molar-refractivity contribution in [1.82, 2.24) is 10.6 Å². The summed E-state index contributed by atoms with van der Waals surface area (Å²) < 4.78 is 0. The van der Waals surface area contributed by atoms with Gasteiger partial charge in [-0.1, -0.05) is 50.7 Å². The molecule has 1 amide bonds. The molecule has 0 heterocycles. The van der Waals surface area contributed by atoms with Crippen molar-refractivity contribution >= 4 is 5.91 Å². The van der Waals surface area contributed by atoms with Crippen molar-refractivity contribution in [3.63, 3.8) is 0 Å². The van der Waals surface area contributed by atoms with Crippen LogP contribution in [-0.2, 0) is 4.79 Å². The SMILES string of the molecule is O=C(NC1CCCCC1)C1=CC=CC1=C([O-])NC1CCCCC1.[Li+]. The molecule has 2 fully saturated rings. The minimum Gasteiger partial charge on any atom is -0.860 e. The van der Waals surface area contributed by atoms with Gasteiger partial charge >= 0.3 is 18.9 Å². The van der Waals surface area contributed by atoms with Crippen LogP contribution in [0.3, 0.4) is 0 Å². The zero-order valence-electron chi connectivity index (χ0n) is 14.8. The van der Waals surface area contributed by atoms with E-state index in [0.29, 0.717) is 11.1 Å². The molecule has 5 heteroatoms. The predicted molar refractivity (Wildman–Crippen MR) is 89.3 cm³/mol. The number of rotatable bonds is 4. The van der Waals surface area contributed by atoms with Crippen LogP contribution in [0.1, 0.15) is 64.2 Å². The summed E-state index contributed by atoms with van der Waals surface area (Å²) in [6.45, 7) is 0. The number of hydrogen-bond donors (Lipinski definition) is 2. The van der Waals surface area contributed by atoms with E-state index in [1.165, 1.54) is 38.5 Å². The minimum absolute atomic E-state index is 0. The molecule has 0 atom stereocenters. The fourth-order valence-corrected chi connectivity index (χ4v) is 3.84. The molecular formula is C19H27LiN2O2. The van der Waals surface area contributed by atoms with Gasteiger partial charge < -0.3 is 15.7 Å². The van der Waals surface area contributed by atoms with E-state index in [2.05, 4.69) is 10.6 Å². The Morgan fingerprint density at radius 3 is 2.04 bits per heavy atom. The summed E-state index contributed by atoms with van der Waals surface area (Å²) in [5.41, 5.74) is 1.03. The van der Waals surface area contributed by atoms with Gasteiger partial charge in [-0.15, -0.1) is 0 Å². The van der Waals surface area contributed by atoms with Crippen molar-refractivity contribution in [1.29, 1.82) is 0 Å². The second-order valence-corrected chi connectivity index (χ2v) is 6.97. The van der Waals surface area contributed by atoms with E-state index in [1.807, 2.05) is 0 Å². The first-order valence-corrected chi connectivity index (χ1v) is 9.11. The monoisotopic (exact) mass is 322 g/mol. The van der Waals surface area contributed by atoms with Gasteiger partial charge in [0.05, 0.1) is 0 Å². The molecule has 2 saturated carbocycles. The Kier molecular flexibility index (Phi) is 7.52. The standard InChI is InChI=1S/C19H28N2O2.Li/c22-18(20-14-8-3-1-4-9-14)16-12-7-13-17(16)19(23)21-15-10-5-2-6-11-15;/h7,12-15,20,22H,1-6,8-11H2,(H,21,23);/q;+1/p-1. The van der Waals surface area contributed by atoms with Gasteiger partial charge in [-0.25, -0.2) is 0 Å². The number of allylic oxidation sites excluding steroid dienone is 3. The van der Waals surface area contributed by atoms with Gasteiger partial charge in [0.1, 0.15) is 0 Å². The molecule has 0 aliphatic heterocycles. The number of carbonyl (C=O) groups is 1. The summed E-state index contributed by atoms with van der Waals surface area (Å²) in [6, 6.07) is 0.529. The van der Waals surface area contributed by atoms with Crippen molar-refractivity contribution in [2.45, 2.75) is 76.3 Å². The van der Waals surface area contributed by atoms with Crippen molar-refractivity contribution in [2.75, 3.05) is 0 Å². The Balaban J connectivity index is 0.00000208. The molecule has 0 bridgehead atoms. The average Bonchev–Trinajstić information content (AvgIpc) is 3.06. The quantitative estimate of drug-likeness (QED) is 0.538. The molecule has 0 aromatic rings.